The van der Waals surface area contributed by atoms with Gasteiger partial charge in [0.05, 0.1) is 12.7 Å². The molecule has 0 bridgehead atoms. The maximum Gasteiger partial charge on any atom is 0.125 e. The minimum Gasteiger partial charge on any atom is -0.394 e. The van der Waals surface area contributed by atoms with Crippen LogP contribution in [0, 0.1) is 5.92 Å². The summed E-state index contributed by atoms with van der Waals surface area (Å²) in [5.74, 6) is -0.458. The minimum atomic E-state index is -0.896. The Labute approximate surface area is 47.9 Å². The summed E-state index contributed by atoms with van der Waals surface area (Å²) in [5, 5.41) is 16.9. The third-order valence-corrected chi connectivity index (χ3v) is 1.01. The fourth-order valence-corrected chi connectivity index (χ4v) is 0.257. The Hall–Kier alpha value is -0.410. The Morgan fingerprint density at radius 3 is 2.38 bits per heavy atom. The van der Waals surface area contributed by atoms with Gasteiger partial charge in [-0.05, 0) is 0 Å². The van der Waals surface area contributed by atoms with Crippen molar-refractivity contribution < 1.29 is 15.0 Å². The largest absolute Gasteiger partial charge is 0.394 e. The van der Waals surface area contributed by atoms with Crippen LogP contribution in [0.25, 0.3) is 0 Å². The molecule has 1 unspecified atom stereocenters. The van der Waals surface area contributed by atoms with Crippen molar-refractivity contribution in [1.29, 1.82) is 0 Å². The molecule has 0 saturated heterocycles. The lowest BCUT2D eigenvalue weighted by molar-refractivity contribution is -0.114. The van der Waals surface area contributed by atoms with E-state index in [2.05, 4.69) is 0 Å². The number of aldehydes is 1. The van der Waals surface area contributed by atoms with Gasteiger partial charge in [-0.1, -0.05) is 6.92 Å². The van der Waals surface area contributed by atoms with E-state index in [-0.39, 0.29) is 6.61 Å². The highest BCUT2D eigenvalue weighted by atomic mass is 16.3. The van der Waals surface area contributed by atoms with Crippen LogP contribution in [-0.2, 0) is 4.79 Å². The van der Waals surface area contributed by atoms with Gasteiger partial charge in [0.1, 0.15) is 6.29 Å². The highest BCUT2D eigenvalue weighted by molar-refractivity contribution is 5.53. The monoisotopic (exact) mass is 118 g/mol. The molecule has 0 radical (unpaired) electrons. The molecule has 0 saturated carbocycles. The van der Waals surface area contributed by atoms with Crippen molar-refractivity contribution in [3.63, 3.8) is 0 Å². The van der Waals surface area contributed by atoms with Crippen LogP contribution < -0.4 is 0 Å². The molecule has 0 aliphatic carbocycles. The van der Waals surface area contributed by atoms with E-state index in [0.717, 1.165) is 0 Å². The molecular formula is C5H10O3. The second-order valence-electron chi connectivity index (χ2n) is 1.75. The van der Waals surface area contributed by atoms with Crippen molar-refractivity contribution in [2.75, 3.05) is 6.61 Å². The summed E-state index contributed by atoms with van der Waals surface area (Å²) in [6, 6.07) is 0. The highest BCUT2D eigenvalue weighted by Gasteiger charge is 2.09. The van der Waals surface area contributed by atoms with Gasteiger partial charge >= 0.3 is 0 Å². The summed E-state index contributed by atoms with van der Waals surface area (Å²) in [5.41, 5.74) is 0. The first-order chi connectivity index (χ1) is 3.72. The van der Waals surface area contributed by atoms with E-state index in [1.54, 1.807) is 6.92 Å². The fourth-order valence-electron chi connectivity index (χ4n) is 0.257. The van der Waals surface area contributed by atoms with Gasteiger partial charge in [-0.15, -0.1) is 0 Å². The summed E-state index contributed by atoms with van der Waals surface area (Å²) >= 11 is 0. The molecule has 48 valence electrons. The number of rotatable bonds is 3. The van der Waals surface area contributed by atoms with Crippen LogP contribution in [0.4, 0.5) is 0 Å². The third kappa shape index (κ3) is 2.04. The van der Waals surface area contributed by atoms with E-state index in [0.29, 0.717) is 6.29 Å². The first kappa shape index (κ1) is 7.59. The average molecular weight is 118 g/mol. The van der Waals surface area contributed by atoms with Crippen LogP contribution in [0.15, 0.2) is 0 Å². The molecule has 0 aromatic heterocycles. The molecule has 2 atom stereocenters. The van der Waals surface area contributed by atoms with E-state index in [1.807, 2.05) is 0 Å². The molecule has 3 nitrogen and oxygen atoms in total. The van der Waals surface area contributed by atoms with Crippen molar-refractivity contribution in [2.24, 2.45) is 5.92 Å². The summed E-state index contributed by atoms with van der Waals surface area (Å²) in [4.78, 5) is 9.83. The van der Waals surface area contributed by atoms with Gasteiger partial charge < -0.3 is 15.0 Å². The zero-order valence-electron chi connectivity index (χ0n) is 4.74. The smallest absolute Gasteiger partial charge is 0.125 e. The maximum absolute atomic E-state index is 9.83. The van der Waals surface area contributed by atoms with Crippen molar-refractivity contribution in [2.45, 2.75) is 13.0 Å². The Morgan fingerprint density at radius 1 is 1.75 bits per heavy atom. The zero-order valence-corrected chi connectivity index (χ0v) is 4.74. The average Bonchev–Trinajstić information content (AvgIpc) is 1.84. The number of aliphatic hydroxyl groups excluding tert-OH is 2. The molecular weight excluding hydrogens is 108 g/mol. The van der Waals surface area contributed by atoms with E-state index < -0.39 is 12.0 Å². The van der Waals surface area contributed by atoms with Crippen molar-refractivity contribution >= 4 is 6.29 Å². The molecule has 2 N–H and O–H groups in total. The summed E-state index contributed by atoms with van der Waals surface area (Å²) in [6.45, 7) is 1.20. The van der Waals surface area contributed by atoms with E-state index in [4.69, 9.17) is 10.2 Å². The van der Waals surface area contributed by atoms with Gasteiger partial charge in [-0.25, -0.2) is 0 Å². The van der Waals surface area contributed by atoms with Crippen molar-refractivity contribution in [1.82, 2.24) is 0 Å². The normalized spacial score (nSPS) is 17.4. The van der Waals surface area contributed by atoms with Crippen LogP contribution in [0.2, 0.25) is 0 Å². The second kappa shape index (κ2) is 3.57. The number of hydrogen-bond donors (Lipinski definition) is 2. The minimum absolute atomic E-state index is 0.347. The van der Waals surface area contributed by atoms with Crippen LogP contribution >= 0.6 is 0 Å². The lowest BCUT2D eigenvalue weighted by Crippen LogP contribution is -2.22. The zero-order chi connectivity index (χ0) is 6.57. The molecule has 0 aliphatic heterocycles. The summed E-state index contributed by atoms with van der Waals surface area (Å²) < 4.78 is 0. The molecule has 3 heteroatoms. The van der Waals surface area contributed by atoms with Gasteiger partial charge in [0, 0.05) is 5.92 Å². The quantitative estimate of drug-likeness (QED) is 0.476. The van der Waals surface area contributed by atoms with Crippen LogP contribution in [-0.4, -0.2) is 29.2 Å². The molecule has 0 aliphatic rings. The third-order valence-electron chi connectivity index (χ3n) is 1.01. The van der Waals surface area contributed by atoms with Crippen molar-refractivity contribution in [3.05, 3.63) is 0 Å². The number of carbonyl (C=O) groups is 1. The van der Waals surface area contributed by atoms with Gasteiger partial charge in [0.2, 0.25) is 0 Å². The standard InChI is InChI=1S/C5H10O3/c1-4(2-6)5(8)3-7/h2,4-5,7-8H,3H2,1H3/t4-,5?/m1/s1. The maximum atomic E-state index is 9.83. The second-order valence-corrected chi connectivity index (χ2v) is 1.75. The van der Waals surface area contributed by atoms with Gasteiger partial charge in [-0.3, -0.25) is 0 Å². The van der Waals surface area contributed by atoms with Crippen molar-refractivity contribution in [3.8, 4) is 0 Å². The lowest BCUT2D eigenvalue weighted by atomic mass is 10.1. The lowest BCUT2D eigenvalue weighted by Gasteiger charge is -2.07. The SMILES string of the molecule is C[C@H](C=O)C(O)CO. The van der Waals surface area contributed by atoms with E-state index in [1.165, 1.54) is 0 Å². The number of aliphatic hydroxyl groups is 2. The van der Waals surface area contributed by atoms with E-state index in [9.17, 15) is 4.79 Å². The number of carbonyl (C=O) groups excluding carboxylic acids is 1. The first-order valence-electron chi connectivity index (χ1n) is 2.46. The Bertz CT molecular complexity index is 72.1. The molecule has 0 rings (SSSR count). The first-order valence-corrected chi connectivity index (χ1v) is 2.46. The molecule has 0 amide bonds. The molecule has 0 aromatic carbocycles. The Balaban J connectivity index is 3.44. The highest BCUT2D eigenvalue weighted by Crippen LogP contribution is 1.95. The van der Waals surface area contributed by atoms with Crippen LogP contribution in [0.1, 0.15) is 6.92 Å². The molecule has 0 aromatic rings. The predicted octanol–water partition coefficient (Wildman–Crippen LogP) is -0.825. The van der Waals surface area contributed by atoms with Crippen LogP contribution in [0.3, 0.4) is 0 Å². The molecule has 0 heterocycles. The molecule has 0 fully saturated rings. The Morgan fingerprint density at radius 2 is 2.25 bits per heavy atom. The van der Waals surface area contributed by atoms with Gasteiger partial charge in [0.15, 0.2) is 0 Å². The molecule has 8 heavy (non-hydrogen) atoms. The topological polar surface area (TPSA) is 57.5 Å². The predicted molar refractivity (Wildman–Crippen MR) is 28.3 cm³/mol. The van der Waals surface area contributed by atoms with E-state index >= 15 is 0 Å². The van der Waals surface area contributed by atoms with Gasteiger partial charge in [0.25, 0.3) is 0 Å². The van der Waals surface area contributed by atoms with Crippen LogP contribution in [0.5, 0.6) is 0 Å². The van der Waals surface area contributed by atoms with Gasteiger partial charge in [-0.2, -0.15) is 0 Å². The fraction of sp³-hybridized carbons (Fsp3) is 0.800. The number of hydrogen-bond acceptors (Lipinski definition) is 3. The summed E-state index contributed by atoms with van der Waals surface area (Å²) in [7, 11) is 0. The molecule has 0 spiro atoms. The Kier molecular flexibility index (Phi) is 3.39. The summed E-state index contributed by atoms with van der Waals surface area (Å²) in [6.07, 6.45) is -0.284.